The topological polar surface area (TPSA) is 12.0 Å². The highest BCUT2D eigenvalue weighted by Crippen LogP contribution is 2.44. The first-order valence-corrected chi connectivity index (χ1v) is 6.18. The van der Waals surface area contributed by atoms with Gasteiger partial charge in [-0.15, -0.1) is 0 Å². The van der Waals surface area contributed by atoms with E-state index >= 15 is 0 Å². The maximum atomic E-state index is 6.29. The van der Waals surface area contributed by atoms with Crippen molar-refractivity contribution >= 4 is 11.6 Å². The van der Waals surface area contributed by atoms with E-state index in [1.54, 1.807) is 5.57 Å². The lowest BCUT2D eigenvalue weighted by Gasteiger charge is -2.24. The van der Waals surface area contributed by atoms with Crippen molar-refractivity contribution in [3.05, 3.63) is 33.9 Å². The molecule has 0 aromatic heterocycles. The van der Waals surface area contributed by atoms with Crippen LogP contribution in [0, 0.1) is 5.92 Å². The minimum atomic E-state index is 0.615. The second-order valence-electron chi connectivity index (χ2n) is 4.84. The summed E-state index contributed by atoms with van der Waals surface area (Å²) in [7, 11) is 0. The van der Waals surface area contributed by atoms with Gasteiger partial charge < -0.3 is 5.32 Å². The number of hydrogen-bond donors (Lipinski definition) is 1. The smallest absolute Gasteiger partial charge is 0.0459 e. The molecule has 3 rings (SSSR count). The van der Waals surface area contributed by atoms with Crippen LogP contribution in [-0.2, 0) is 0 Å². The molecule has 0 radical (unpaired) electrons. The normalized spacial score (nSPS) is 34.5. The van der Waals surface area contributed by atoms with E-state index in [0.29, 0.717) is 6.04 Å². The molecule has 15 heavy (non-hydrogen) atoms. The molecular weight excluding hydrogens is 206 g/mol. The number of allylic oxidation sites excluding steroid dienone is 4. The Balaban J connectivity index is 2.07. The average molecular weight is 222 g/mol. The van der Waals surface area contributed by atoms with Crippen LogP contribution >= 0.6 is 11.6 Å². The zero-order valence-corrected chi connectivity index (χ0v) is 9.77. The van der Waals surface area contributed by atoms with Gasteiger partial charge >= 0.3 is 0 Å². The Bertz CT molecular complexity index is 389. The van der Waals surface area contributed by atoms with Crippen LogP contribution in [0.2, 0.25) is 0 Å². The minimum Gasteiger partial charge on any atom is -0.310 e. The van der Waals surface area contributed by atoms with Crippen LogP contribution < -0.4 is 5.32 Å². The van der Waals surface area contributed by atoms with Crippen molar-refractivity contribution in [1.82, 2.24) is 5.32 Å². The van der Waals surface area contributed by atoms with E-state index in [1.807, 2.05) is 0 Å². The Morgan fingerprint density at radius 3 is 3.20 bits per heavy atom. The van der Waals surface area contributed by atoms with Crippen LogP contribution in [0.3, 0.4) is 0 Å². The predicted octanol–water partition coefficient (Wildman–Crippen LogP) is 3.14. The Kier molecular flexibility index (Phi) is 2.26. The molecule has 2 heteroatoms. The highest BCUT2D eigenvalue weighted by atomic mass is 35.5. The van der Waals surface area contributed by atoms with Crippen LogP contribution in [0.15, 0.2) is 33.9 Å². The fraction of sp³-hybridized carbons (Fsp3) is 0.538. The number of nitrogens with one attached hydrogen (secondary N) is 1. The molecular formula is C13H16ClN. The molecule has 0 saturated carbocycles. The van der Waals surface area contributed by atoms with Gasteiger partial charge in [-0.1, -0.05) is 17.7 Å². The van der Waals surface area contributed by atoms with Gasteiger partial charge in [-0.2, -0.15) is 0 Å². The summed E-state index contributed by atoms with van der Waals surface area (Å²) in [5, 5.41) is 4.51. The van der Waals surface area contributed by atoms with Gasteiger partial charge in [0.2, 0.25) is 0 Å². The van der Waals surface area contributed by atoms with E-state index in [0.717, 1.165) is 17.5 Å². The van der Waals surface area contributed by atoms with Gasteiger partial charge in [-0.05, 0) is 54.9 Å². The quantitative estimate of drug-likeness (QED) is 0.663. The van der Waals surface area contributed by atoms with Gasteiger partial charge in [0.1, 0.15) is 0 Å². The molecule has 1 heterocycles. The SMILES string of the molecule is C[C@@H]1C[C@@H]2CCC=C3C=C(Cl)C(=C32)CN1. The summed E-state index contributed by atoms with van der Waals surface area (Å²) in [5.74, 6) is 0.734. The summed E-state index contributed by atoms with van der Waals surface area (Å²) < 4.78 is 0. The monoisotopic (exact) mass is 221 g/mol. The van der Waals surface area contributed by atoms with Crippen molar-refractivity contribution in [1.29, 1.82) is 0 Å². The third kappa shape index (κ3) is 1.49. The van der Waals surface area contributed by atoms with Crippen LogP contribution in [0.5, 0.6) is 0 Å². The van der Waals surface area contributed by atoms with Crippen molar-refractivity contribution in [2.75, 3.05) is 6.54 Å². The highest BCUT2D eigenvalue weighted by molar-refractivity contribution is 6.33. The summed E-state index contributed by atoms with van der Waals surface area (Å²) in [6, 6.07) is 0.615. The fourth-order valence-corrected chi connectivity index (χ4v) is 3.33. The maximum Gasteiger partial charge on any atom is 0.0459 e. The zero-order valence-electron chi connectivity index (χ0n) is 9.02. The van der Waals surface area contributed by atoms with Crippen molar-refractivity contribution in [3.63, 3.8) is 0 Å². The average Bonchev–Trinajstić information content (AvgIpc) is 2.40. The van der Waals surface area contributed by atoms with Crippen molar-refractivity contribution < 1.29 is 0 Å². The summed E-state index contributed by atoms with van der Waals surface area (Å²) >= 11 is 6.29. The summed E-state index contributed by atoms with van der Waals surface area (Å²) in [4.78, 5) is 0. The lowest BCUT2D eigenvalue weighted by Crippen LogP contribution is -2.27. The molecule has 0 bridgehead atoms. The predicted molar refractivity (Wildman–Crippen MR) is 63.9 cm³/mol. The van der Waals surface area contributed by atoms with E-state index in [4.69, 9.17) is 11.6 Å². The highest BCUT2D eigenvalue weighted by Gasteiger charge is 2.32. The Morgan fingerprint density at radius 1 is 1.47 bits per heavy atom. The molecule has 0 amide bonds. The fourth-order valence-electron chi connectivity index (χ4n) is 3.04. The largest absolute Gasteiger partial charge is 0.310 e. The molecule has 0 aromatic carbocycles. The summed E-state index contributed by atoms with van der Waals surface area (Å²) in [6.45, 7) is 3.22. The molecule has 0 saturated heterocycles. The molecule has 2 aliphatic carbocycles. The van der Waals surface area contributed by atoms with E-state index in [1.165, 1.54) is 30.4 Å². The second-order valence-corrected chi connectivity index (χ2v) is 5.24. The summed E-state index contributed by atoms with van der Waals surface area (Å²) in [5.41, 5.74) is 4.31. The van der Waals surface area contributed by atoms with E-state index in [2.05, 4.69) is 24.4 Å². The third-order valence-electron chi connectivity index (χ3n) is 3.76. The standard InChI is InChI=1S/C13H16ClN/c1-8-5-9-3-2-4-10-6-12(14)11(7-15-8)13(9)10/h4,6,8-9,15H,2-3,5,7H2,1H3/t8-,9+/m1/s1. The van der Waals surface area contributed by atoms with Crippen molar-refractivity contribution in [3.8, 4) is 0 Å². The van der Waals surface area contributed by atoms with Gasteiger partial charge in [-0.25, -0.2) is 0 Å². The van der Waals surface area contributed by atoms with Crippen LogP contribution in [0.25, 0.3) is 0 Å². The number of rotatable bonds is 0. The zero-order chi connectivity index (χ0) is 10.4. The minimum absolute atomic E-state index is 0.615. The molecule has 1 aliphatic heterocycles. The van der Waals surface area contributed by atoms with Gasteiger partial charge in [0.25, 0.3) is 0 Å². The summed E-state index contributed by atoms with van der Waals surface area (Å²) in [6.07, 6.45) is 8.26. The van der Waals surface area contributed by atoms with Gasteiger partial charge in [0.15, 0.2) is 0 Å². The molecule has 0 spiro atoms. The Hall–Kier alpha value is -0.530. The number of halogens is 1. The third-order valence-corrected chi connectivity index (χ3v) is 4.10. The van der Waals surface area contributed by atoms with Crippen molar-refractivity contribution in [2.45, 2.75) is 32.2 Å². The molecule has 3 aliphatic rings. The molecule has 0 fully saturated rings. The van der Waals surface area contributed by atoms with Crippen molar-refractivity contribution in [2.24, 2.45) is 5.92 Å². The van der Waals surface area contributed by atoms with Gasteiger partial charge in [-0.3, -0.25) is 0 Å². The second kappa shape index (κ2) is 3.50. The molecule has 1 N–H and O–H groups in total. The molecule has 0 aromatic rings. The van der Waals surface area contributed by atoms with E-state index in [-0.39, 0.29) is 0 Å². The lowest BCUT2D eigenvalue weighted by atomic mass is 9.81. The van der Waals surface area contributed by atoms with Crippen LogP contribution in [0.4, 0.5) is 0 Å². The van der Waals surface area contributed by atoms with Gasteiger partial charge in [0, 0.05) is 17.6 Å². The molecule has 0 unspecified atom stereocenters. The first kappa shape index (κ1) is 9.68. The van der Waals surface area contributed by atoms with Crippen LogP contribution in [-0.4, -0.2) is 12.6 Å². The van der Waals surface area contributed by atoms with Gasteiger partial charge in [0.05, 0.1) is 0 Å². The molecule has 2 atom stereocenters. The first-order chi connectivity index (χ1) is 7.25. The van der Waals surface area contributed by atoms with E-state index in [9.17, 15) is 0 Å². The first-order valence-electron chi connectivity index (χ1n) is 5.80. The Labute approximate surface area is 95.9 Å². The molecule has 1 nitrogen and oxygen atoms in total. The Morgan fingerprint density at radius 2 is 2.33 bits per heavy atom. The maximum absolute atomic E-state index is 6.29. The number of hydrogen-bond acceptors (Lipinski definition) is 1. The lowest BCUT2D eigenvalue weighted by molar-refractivity contribution is 0.443. The van der Waals surface area contributed by atoms with E-state index < -0.39 is 0 Å². The van der Waals surface area contributed by atoms with Crippen LogP contribution in [0.1, 0.15) is 26.2 Å². The molecule has 80 valence electrons.